The number of ether oxygens (including phenoxy) is 4. The van der Waals surface area contributed by atoms with Gasteiger partial charge in [-0.3, -0.25) is 19.3 Å². The van der Waals surface area contributed by atoms with E-state index < -0.39 is 11.3 Å². The fraction of sp³-hybridized carbons (Fsp3) is 0.281. The lowest BCUT2D eigenvalue weighted by atomic mass is 10.1. The molecule has 0 radical (unpaired) electrons. The van der Waals surface area contributed by atoms with E-state index in [1.807, 2.05) is 49.4 Å². The summed E-state index contributed by atoms with van der Waals surface area (Å²) in [5.41, 5.74) is 2.85. The Balaban J connectivity index is 1.05. The number of rotatable bonds is 9. The standard InChI is InChI=1S/C32H29N5O7S/c1-2-27(31(40)34-19-8-11-24-26(14-19)44-17-42-24)45-32-35-21-6-4-3-5-20(21)29-36-30(39)22(37(29)32)9-12-28(38)33-15-18-7-10-23-25(13-18)43-16-41-23/h3-8,10-11,13-14,22,27H,2,9,12,15-17H2,1H3,(H,33,38)(H,34,40). The van der Waals surface area contributed by atoms with E-state index in [1.54, 1.807) is 23.1 Å². The van der Waals surface area contributed by atoms with Gasteiger partial charge in [0.1, 0.15) is 11.9 Å². The van der Waals surface area contributed by atoms with E-state index in [2.05, 4.69) is 15.6 Å². The molecule has 4 heterocycles. The molecular formula is C32H29N5O7S. The zero-order chi connectivity index (χ0) is 30.9. The highest BCUT2D eigenvalue weighted by Crippen LogP contribution is 2.38. The molecule has 2 atom stereocenters. The molecule has 13 heteroatoms. The monoisotopic (exact) mass is 627 g/mol. The minimum Gasteiger partial charge on any atom is -0.454 e. The molecule has 2 N–H and O–H groups in total. The summed E-state index contributed by atoms with van der Waals surface area (Å²) >= 11 is 1.27. The lowest BCUT2D eigenvalue weighted by Gasteiger charge is -2.32. The summed E-state index contributed by atoms with van der Waals surface area (Å²) in [7, 11) is 0. The summed E-state index contributed by atoms with van der Waals surface area (Å²) in [4.78, 5) is 50.6. The summed E-state index contributed by atoms with van der Waals surface area (Å²) in [6, 6.07) is 17.5. The molecule has 0 fully saturated rings. The fourth-order valence-corrected chi connectivity index (χ4v) is 6.48. The van der Waals surface area contributed by atoms with Crippen LogP contribution in [0.1, 0.15) is 37.3 Å². The molecule has 0 aromatic heterocycles. The number of amides is 3. The maximum Gasteiger partial charge on any atom is 0.270 e. The van der Waals surface area contributed by atoms with Crippen LogP contribution in [0, 0.1) is 0 Å². The molecule has 3 amide bonds. The topological polar surface area (TPSA) is 140 Å². The number of amidine groups is 2. The van der Waals surface area contributed by atoms with Crippen LogP contribution < -0.4 is 29.6 Å². The van der Waals surface area contributed by atoms with Crippen molar-refractivity contribution in [2.24, 2.45) is 9.98 Å². The van der Waals surface area contributed by atoms with Crippen molar-refractivity contribution in [3.05, 3.63) is 71.8 Å². The van der Waals surface area contributed by atoms with E-state index in [1.165, 1.54) is 11.8 Å². The number of aliphatic imine (C=N–C) groups is 2. The minimum atomic E-state index is -0.731. The second-order valence-corrected chi connectivity index (χ2v) is 11.8. The SMILES string of the molecule is CCC(SC1=Nc2ccccc2C2=NC(=O)C(CCC(=O)NCc3ccc4c(c3)OCO4)N12)C(=O)Nc1ccc2c(c1)OCO2. The second-order valence-electron chi connectivity index (χ2n) is 10.6. The maximum absolute atomic E-state index is 13.4. The van der Waals surface area contributed by atoms with Crippen molar-refractivity contribution in [2.75, 3.05) is 18.9 Å². The molecule has 0 saturated carbocycles. The molecule has 3 aromatic rings. The van der Waals surface area contributed by atoms with E-state index in [0.29, 0.717) is 58.3 Å². The van der Waals surface area contributed by atoms with Crippen molar-refractivity contribution in [3.8, 4) is 23.0 Å². The number of hydrogen-bond acceptors (Lipinski definition) is 10. The van der Waals surface area contributed by atoms with Gasteiger partial charge in [-0.25, -0.2) is 4.99 Å². The first-order valence-corrected chi connectivity index (χ1v) is 15.5. The normalized spacial score (nSPS) is 17.7. The van der Waals surface area contributed by atoms with Crippen LogP contribution in [0.15, 0.2) is 70.6 Å². The van der Waals surface area contributed by atoms with Gasteiger partial charge in [0.05, 0.1) is 10.9 Å². The molecule has 2 unspecified atom stereocenters. The van der Waals surface area contributed by atoms with Crippen molar-refractivity contribution < 1.29 is 33.3 Å². The minimum absolute atomic E-state index is 0.0989. The number of anilines is 1. The number of carbonyl (C=O) groups is 3. The number of para-hydroxylation sites is 1. The highest BCUT2D eigenvalue weighted by molar-refractivity contribution is 8.15. The third kappa shape index (κ3) is 5.78. The van der Waals surface area contributed by atoms with Crippen molar-refractivity contribution in [1.82, 2.24) is 10.2 Å². The molecule has 230 valence electrons. The Morgan fingerprint density at radius 2 is 1.69 bits per heavy atom. The fourth-order valence-electron chi connectivity index (χ4n) is 5.41. The second kappa shape index (κ2) is 12.2. The number of thioether (sulfide) groups is 1. The van der Waals surface area contributed by atoms with Crippen LogP contribution in [0.3, 0.4) is 0 Å². The van der Waals surface area contributed by atoms with E-state index in [4.69, 9.17) is 23.9 Å². The molecule has 0 aliphatic carbocycles. The van der Waals surface area contributed by atoms with Crippen LogP contribution in [0.25, 0.3) is 0 Å². The van der Waals surface area contributed by atoms with Gasteiger partial charge in [-0.1, -0.05) is 36.9 Å². The maximum atomic E-state index is 13.4. The number of benzene rings is 3. The van der Waals surface area contributed by atoms with Gasteiger partial charge in [-0.2, -0.15) is 4.99 Å². The van der Waals surface area contributed by atoms with Gasteiger partial charge in [-0.15, -0.1) is 0 Å². The first kappa shape index (κ1) is 28.7. The molecule has 4 aliphatic heterocycles. The summed E-state index contributed by atoms with van der Waals surface area (Å²) in [5.74, 6) is 2.23. The van der Waals surface area contributed by atoms with Gasteiger partial charge in [0.25, 0.3) is 5.91 Å². The number of nitrogens with one attached hydrogen (secondary N) is 2. The third-order valence-corrected chi connectivity index (χ3v) is 9.06. The Labute approximate surface area is 262 Å². The van der Waals surface area contributed by atoms with Gasteiger partial charge in [-0.05, 0) is 54.8 Å². The van der Waals surface area contributed by atoms with E-state index in [9.17, 15) is 14.4 Å². The molecular weight excluding hydrogens is 598 g/mol. The van der Waals surface area contributed by atoms with Crippen molar-refractivity contribution >= 4 is 51.9 Å². The van der Waals surface area contributed by atoms with Crippen LogP contribution >= 0.6 is 11.8 Å². The summed E-state index contributed by atoms with van der Waals surface area (Å²) < 4.78 is 21.6. The van der Waals surface area contributed by atoms with Crippen LogP contribution in [0.2, 0.25) is 0 Å². The number of nitrogens with zero attached hydrogens (tertiary/aromatic N) is 3. The Morgan fingerprint density at radius 1 is 0.956 bits per heavy atom. The van der Waals surface area contributed by atoms with Gasteiger partial charge in [0.15, 0.2) is 28.2 Å². The highest BCUT2D eigenvalue weighted by atomic mass is 32.2. The molecule has 12 nitrogen and oxygen atoms in total. The van der Waals surface area contributed by atoms with Crippen molar-refractivity contribution in [2.45, 2.75) is 44.0 Å². The molecule has 0 bridgehead atoms. The Bertz CT molecular complexity index is 1760. The lowest BCUT2D eigenvalue weighted by molar-refractivity contribution is -0.122. The van der Waals surface area contributed by atoms with Crippen LogP contribution in [-0.4, -0.2) is 58.5 Å². The number of hydrogen-bond donors (Lipinski definition) is 2. The first-order chi connectivity index (χ1) is 22.0. The molecule has 45 heavy (non-hydrogen) atoms. The van der Waals surface area contributed by atoms with Crippen LogP contribution in [0.5, 0.6) is 23.0 Å². The third-order valence-electron chi connectivity index (χ3n) is 7.73. The van der Waals surface area contributed by atoms with Crippen molar-refractivity contribution in [1.29, 1.82) is 0 Å². The average Bonchev–Trinajstić information content (AvgIpc) is 3.79. The quantitative estimate of drug-likeness (QED) is 0.354. The molecule has 0 spiro atoms. The molecule has 4 aliphatic rings. The molecule has 0 saturated heterocycles. The lowest BCUT2D eigenvalue weighted by Crippen LogP contribution is -2.45. The summed E-state index contributed by atoms with van der Waals surface area (Å²) in [5, 5.41) is 5.83. The van der Waals surface area contributed by atoms with Crippen LogP contribution in [0.4, 0.5) is 11.4 Å². The first-order valence-electron chi connectivity index (χ1n) is 14.6. The molecule has 7 rings (SSSR count). The summed E-state index contributed by atoms with van der Waals surface area (Å²) in [6.07, 6.45) is 0.825. The van der Waals surface area contributed by atoms with Gasteiger partial charge in [0, 0.05) is 30.3 Å². The van der Waals surface area contributed by atoms with Gasteiger partial charge >= 0.3 is 0 Å². The average molecular weight is 628 g/mol. The van der Waals surface area contributed by atoms with E-state index in [0.717, 1.165) is 11.1 Å². The zero-order valence-electron chi connectivity index (χ0n) is 24.3. The Hall–Kier alpha value is -5.04. The predicted octanol–water partition coefficient (Wildman–Crippen LogP) is 4.35. The van der Waals surface area contributed by atoms with Crippen LogP contribution in [-0.2, 0) is 20.9 Å². The summed E-state index contributed by atoms with van der Waals surface area (Å²) in [6.45, 7) is 2.55. The molecule has 3 aromatic carbocycles. The number of carbonyl (C=O) groups excluding carboxylic acids is 3. The Morgan fingerprint density at radius 3 is 2.49 bits per heavy atom. The van der Waals surface area contributed by atoms with E-state index >= 15 is 0 Å². The Kier molecular flexibility index (Phi) is 7.76. The van der Waals surface area contributed by atoms with Crippen molar-refractivity contribution in [3.63, 3.8) is 0 Å². The zero-order valence-corrected chi connectivity index (χ0v) is 25.1. The highest BCUT2D eigenvalue weighted by Gasteiger charge is 2.42. The van der Waals surface area contributed by atoms with Gasteiger partial charge < -0.3 is 29.6 Å². The van der Waals surface area contributed by atoms with Gasteiger partial charge in [0.2, 0.25) is 25.4 Å². The van der Waals surface area contributed by atoms with E-state index in [-0.39, 0.29) is 44.1 Å². The smallest absolute Gasteiger partial charge is 0.270 e. The predicted molar refractivity (Wildman–Crippen MR) is 167 cm³/mol. The largest absolute Gasteiger partial charge is 0.454 e. The number of fused-ring (bicyclic) bond motifs is 5.